The molecular weight excluding hydrogens is 312 g/mol. The quantitative estimate of drug-likeness (QED) is 0.939. The fourth-order valence-corrected chi connectivity index (χ4v) is 4.25. The number of sulfonamides is 1. The number of carboxylic acids is 1. The van der Waals surface area contributed by atoms with Crippen LogP contribution in [0.2, 0.25) is 0 Å². The third kappa shape index (κ3) is 2.43. The number of thiophene rings is 1. The number of carbonyl (C=O) groups is 1. The second-order valence-electron chi connectivity index (χ2n) is 4.33. The molecule has 21 heavy (non-hydrogen) atoms. The minimum absolute atomic E-state index is 0.0676. The average molecular weight is 322 g/mol. The average Bonchev–Trinajstić information content (AvgIpc) is 2.91. The van der Waals surface area contributed by atoms with Gasteiger partial charge in [-0.3, -0.25) is 4.31 Å². The molecule has 3 rings (SSSR count). The van der Waals surface area contributed by atoms with Crippen molar-refractivity contribution in [2.45, 2.75) is 11.4 Å². The molecule has 1 aromatic carbocycles. The summed E-state index contributed by atoms with van der Waals surface area (Å²) in [6.45, 7) is 0.0676. The van der Waals surface area contributed by atoms with E-state index in [1.165, 1.54) is 18.5 Å². The molecule has 2 heterocycles. The fraction of sp³-hybridized carbons (Fsp3) is 0.0769. The van der Waals surface area contributed by atoms with Gasteiger partial charge in [0.25, 0.3) is 10.0 Å². The molecule has 2 aromatic rings. The Balaban J connectivity index is 1.92. The van der Waals surface area contributed by atoms with Crippen LogP contribution in [-0.2, 0) is 16.6 Å². The van der Waals surface area contributed by atoms with Gasteiger partial charge in [-0.25, -0.2) is 18.2 Å². The van der Waals surface area contributed by atoms with Crippen LogP contribution in [0, 0.1) is 0 Å². The maximum absolute atomic E-state index is 12.5. The summed E-state index contributed by atoms with van der Waals surface area (Å²) in [4.78, 5) is 15.9. The summed E-state index contributed by atoms with van der Waals surface area (Å²) in [5, 5.41) is 8.89. The minimum Gasteiger partial charge on any atom is -0.477 e. The Morgan fingerprint density at radius 2 is 2.00 bits per heavy atom. The van der Waals surface area contributed by atoms with Crippen molar-refractivity contribution in [3.05, 3.63) is 46.2 Å². The Kier molecular flexibility index (Phi) is 3.26. The van der Waals surface area contributed by atoms with Gasteiger partial charge in [0.1, 0.15) is 16.1 Å². The number of hydrogen-bond acceptors (Lipinski definition) is 5. The van der Waals surface area contributed by atoms with E-state index in [0.29, 0.717) is 10.6 Å². The van der Waals surface area contributed by atoms with Crippen molar-refractivity contribution in [3.63, 3.8) is 0 Å². The third-order valence-corrected chi connectivity index (χ3v) is 5.76. The highest BCUT2D eigenvalue weighted by molar-refractivity contribution is 7.89. The van der Waals surface area contributed by atoms with Gasteiger partial charge in [-0.2, -0.15) is 0 Å². The van der Waals surface area contributed by atoms with Crippen molar-refractivity contribution in [2.75, 3.05) is 0 Å². The van der Waals surface area contributed by atoms with E-state index in [4.69, 9.17) is 5.11 Å². The van der Waals surface area contributed by atoms with Crippen LogP contribution in [0.3, 0.4) is 0 Å². The number of para-hydroxylation sites is 1. The first-order chi connectivity index (χ1) is 9.98. The lowest BCUT2D eigenvalue weighted by molar-refractivity contribution is 0.0702. The van der Waals surface area contributed by atoms with Gasteiger partial charge in [-0.1, -0.05) is 12.1 Å². The van der Waals surface area contributed by atoms with E-state index >= 15 is 0 Å². The summed E-state index contributed by atoms with van der Waals surface area (Å²) in [6, 6.07) is 9.57. The molecule has 1 aliphatic rings. The van der Waals surface area contributed by atoms with Gasteiger partial charge in [-0.15, -0.1) is 11.3 Å². The van der Waals surface area contributed by atoms with Gasteiger partial charge >= 0.3 is 5.97 Å². The Bertz CT molecular complexity index is 839. The van der Waals surface area contributed by atoms with Crippen LogP contribution in [0.15, 0.2) is 46.3 Å². The van der Waals surface area contributed by atoms with Crippen LogP contribution in [0.5, 0.6) is 0 Å². The van der Waals surface area contributed by atoms with Crippen molar-refractivity contribution in [3.8, 4) is 0 Å². The summed E-state index contributed by atoms with van der Waals surface area (Å²) < 4.78 is 26.1. The number of nitrogens with zero attached hydrogens (tertiary/aromatic N) is 2. The first kappa shape index (κ1) is 13.8. The predicted molar refractivity (Wildman–Crippen MR) is 78.6 cm³/mol. The number of aliphatic imine (C=N–C) groups is 1. The molecule has 1 aliphatic heterocycles. The smallest absolute Gasteiger partial charge is 0.345 e. The Labute approximate surface area is 125 Å². The van der Waals surface area contributed by atoms with Gasteiger partial charge in [0.05, 0.1) is 12.2 Å². The molecule has 108 valence electrons. The topological polar surface area (TPSA) is 87.0 Å². The van der Waals surface area contributed by atoms with Gasteiger partial charge in [0.15, 0.2) is 0 Å². The van der Waals surface area contributed by atoms with Crippen molar-refractivity contribution >= 4 is 39.4 Å². The maximum atomic E-state index is 12.5. The Morgan fingerprint density at radius 1 is 1.24 bits per heavy atom. The zero-order valence-corrected chi connectivity index (χ0v) is 12.3. The lowest BCUT2D eigenvalue weighted by Crippen LogP contribution is -2.31. The van der Waals surface area contributed by atoms with Crippen molar-refractivity contribution in [1.29, 1.82) is 0 Å². The number of rotatable bonds is 3. The second-order valence-corrected chi connectivity index (χ2v) is 7.36. The first-order valence-corrected chi connectivity index (χ1v) is 8.21. The molecule has 0 bridgehead atoms. The Hall–Kier alpha value is -2.19. The monoisotopic (exact) mass is 322 g/mol. The SMILES string of the molecule is O=C(O)c1ccc(CN2C=Nc3ccccc3S2(=O)=O)s1. The molecular formula is C13H10N2O4S2. The summed E-state index contributed by atoms with van der Waals surface area (Å²) in [7, 11) is -3.65. The molecule has 0 radical (unpaired) electrons. The summed E-state index contributed by atoms with van der Waals surface area (Å²) in [5.41, 5.74) is 0.408. The molecule has 0 saturated carbocycles. The fourth-order valence-electron chi connectivity index (χ4n) is 1.95. The van der Waals surface area contributed by atoms with E-state index in [1.807, 2.05) is 0 Å². The third-order valence-electron chi connectivity index (χ3n) is 2.96. The number of fused-ring (bicyclic) bond motifs is 1. The van der Waals surface area contributed by atoms with Gasteiger partial charge in [0, 0.05) is 4.88 Å². The number of aromatic carboxylic acids is 1. The van der Waals surface area contributed by atoms with Crippen LogP contribution < -0.4 is 0 Å². The standard InChI is InChI=1S/C13H10N2O4S2/c16-13(17)11-6-5-9(20-11)7-15-8-14-10-3-1-2-4-12(10)21(15,18)19/h1-6,8H,7H2,(H,16,17). The van der Waals surface area contributed by atoms with Crippen molar-refractivity contribution in [2.24, 2.45) is 4.99 Å². The van der Waals surface area contributed by atoms with Crippen LogP contribution in [0.25, 0.3) is 0 Å². The summed E-state index contributed by atoms with van der Waals surface area (Å²) in [6.07, 6.45) is 1.26. The lowest BCUT2D eigenvalue weighted by atomic mass is 10.3. The van der Waals surface area contributed by atoms with Crippen molar-refractivity contribution in [1.82, 2.24) is 4.31 Å². The largest absolute Gasteiger partial charge is 0.477 e. The summed E-state index contributed by atoms with van der Waals surface area (Å²) in [5.74, 6) is -1.02. The molecule has 0 spiro atoms. The molecule has 0 atom stereocenters. The molecule has 0 unspecified atom stereocenters. The Morgan fingerprint density at radius 3 is 2.71 bits per heavy atom. The molecule has 0 aliphatic carbocycles. The van der Waals surface area contributed by atoms with Gasteiger partial charge in [0.2, 0.25) is 0 Å². The van der Waals surface area contributed by atoms with E-state index in [2.05, 4.69) is 4.99 Å². The zero-order valence-electron chi connectivity index (χ0n) is 10.6. The summed E-state index contributed by atoms with van der Waals surface area (Å²) >= 11 is 1.05. The first-order valence-electron chi connectivity index (χ1n) is 5.95. The zero-order chi connectivity index (χ0) is 15.0. The van der Waals surface area contributed by atoms with E-state index in [1.54, 1.807) is 24.3 Å². The van der Waals surface area contributed by atoms with E-state index < -0.39 is 16.0 Å². The highest BCUT2D eigenvalue weighted by Crippen LogP contribution is 2.31. The molecule has 1 aromatic heterocycles. The van der Waals surface area contributed by atoms with E-state index in [9.17, 15) is 13.2 Å². The molecule has 8 heteroatoms. The van der Waals surface area contributed by atoms with Crippen LogP contribution in [-0.4, -0.2) is 30.1 Å². The predicted octanol–water partition coefficient (Wildman–Crippen LogP) is 2.31. The van der Waals surface area contributed by atoms with Crippen LogP contribution >= 0.6 is 11.3 Å². The van der Waals surface area contributed by atoms with Crippen LogP contribution in [0.1, 0.15) is 14.5 Å². The molecule has 6 nitrogen and oxygen atoms in total. The van der Waals surface area contributed by atoms with Crippen molar-refractivity contribution < 1.29 is 18.3 Å². The second kappa shape index (κ2) is 4.97. The number of benzene rings is 1. The minimum atomic E-state index is -3.65. The molecule has 0 saturated heterocycles. The highest BCUT2D eigenvalue weighted by atomic mass is 32.2. The lowest BCUT2D eigenvalue weighted by Gasteiger charge is -2.23. The molecule has 0 fully saturated rings. The van der Waals surface area contributed by atoms with Gasteiger partial charge < -0.3 is 5.11 Å². The number of hydrogen-bond donors (Lipinski definition) is 1. The van der Waals surface area contributed by atoms with Gasteiger partial charge in [-0.05, 0) is 24.3 Å². The van der Waals surface area contributed by atoms with E-state index in [-0.39, 0.29) is 16.3 Å². The molecule has 0 amide bonds. The maximum Gasteiger partial charge on any atom is 0.345 e. The highest BCUT2D eigenvalue weighted by Gasteiger charge is 2.28. The normalized spacial score (nSPS) is 15.7. The molecule has 1 N–H and O–H groups in total. The number of carboxylic acid groups (broad SMARTS) is 1. The van der Waals surface area contributed by atoms with E-state index in [0.717, 1.165) is 15.6 Å². The van der Waals surface area contributed by atoms with Crippen LogP contribution in [0.4, 0.5) is 5.69 Å².